The van der Waals surface area contributed by atoms with Gasteiger partial charge in [-0.25, -0.2) is 4.39 Å². The number of hydrogen-bond acceptors (Lipinski definition) is 3. The second-order valence-corrected chi connectivity index (χ2v) is 5.73. The Morgan fingerprint density at radius 3 is 2.48 bits per heavy atom. The van der Waals surface area contributed by atoms with Crippen molar-refractivity contribution >= 4 is 5.69 Å². The number of rotatable bonds is 10. The highest BCUT2D eigenvalue weighted by Gasteiger charge is 2.08. The molecule has 0 bridgehead atoms. The molecule has 1 rings (SSSR count). The monoisotopic (exact) mass is 295 g/mol. The molecule has 0 atom stereocenters. The topological polar surface area (TPSA) is 18.5 Å². The molecule has 0 aliphatic carbocycles. The van der Waals surface area contributed by atoms with E-state index < -0.39 is 0 Å². The van der Waals surface area contributed by atoms with Crippen LogP contribution in [0.25, 0.3) is 0 Å². The molecule has 0 unspecified atom stereocenters. The van der Waals surface area contributed by atoms with Crippen molar-refractivity contribution < 1.29 is 4.39 Å². The molecule has 1 N–H and O–H groups in total. The summed E-state index contributed by atoms with van der Waals surface area (Å²) in [5, 5.41) is 3.33. The summed E-state index contributed by atoms with van der Waals surface area (Å²) in [7, 11) is 4.16. The lowest BCUT2D eigenvalue weighted by molar-refractivity contribution is 0.400. The van der Waals surface area contributed by atoms with Crippen molar-refractivity contribution in [2.24, 2.45) is 0 Å². The van der Waals surface area contributed by atoms with E-state index >= 15 is 0 Å². The third-order valence-electron chi connectivity index (χ3n) is 3.48. The van der Waals surface area contributed by atoms with Crippen LogP contribution in [0.1, 0.15) is 32.3 Å². The Balaban J connectivity index is 2.69. The second-order valence-electron chi connectivity index (χ2n) is 5.73. The lowest BCUT2D eigenvalue weighted by Gasteiger charge is -2.24. The summed E-state index contributed by atoms with van der Waals surface area (Å²) < 4.78 is 13.8. The molecule has 0 radical (unpaired) electrons. The average Bonchev–Trinajstić information content (AvgIpc) is 2.43. The fraction of sp³-hybridized carbons (Fsp3) is 0.647. The van der Waals surface area contributed by atoms with Crippen LogP contribution in [0, 0.1) is 5.82 Å². The van der Waals surface area contributed by atoms with Gasteiger partial charge in [0.2, 0.25) is 0 Å². The van der Waals surface area contributed by atoms with Gasteiger partial charge in [-0.3, -0.25) is 0 Å². The predicted molar refractivity (Wildman–Crippen MR) is 89.5 cm³/mol. The van der Waals surface area contributed by atoms with Gasteiger partial charge in [-0.05, 0) is 70.7 Å². The fourth-order valence-corrected chi connectivity index (χ4v) is 2.38. The van der Waals surface area contributed by atoms with E-state index in [4.69, 9.17) is 0 Å². The summed E-state index contributed by atoms with van der Waals surface area (Å²) in [6, 6.07) is 5.37. The van der Waals surface area contributed by atoms with Crippen LogP contribution in [-0.4, -0.2) is 45.2 Å². The van der Waals surface area contributed by atoms with Crippen LogP contribution in [-0.2, 0) is 6.54 Å². The van der Waals surface area contributed by atoms with Gasteiger partial charge in [0.25, 0.3) is 0 Å². The minimum absolute atomic E-state index is 0.146. The van der Waals surface area contributed by atoms with E-state index in [1.165, 1.54) is 0 Å². The predicted octanol–water partition coefficient (Wildman–Crippen LogP) is 3.10. The van der Waals surface area contributed by atoms with Crippen molar-refractivity contribution in [3.05, 3.63) is 29.6 Å². The molecule has 0 heterocycles. The maximum absolute atomic E-state index is 13.8. The van der Waals surface area contributed by atoms with Gasteiger partial charge in [-0.15, -0.1) is 0 Å². The second kappa shape index (κ2) is 9.74. The summed E-state index contributed by atoms with van der Waals surface area (Å²) in [5.41, 5.74) is 2.01. The summed E-state index contributed by atoms with van der Waals surface area (Å²) in [4.78, 5) is 4.43. The van der Waals surface area contributed by atoms with Crippen LogP contribution >= 0.6 is 0 Å². The molecular formula is C17H30FN3. The third-order valence-corrected chi connectivity index (χ3v) is 3.48. The fourth-order valence-electron chi connectivity index (χ4n) is 2.38. The summed E-state index contributed by atoms with van der Waals surface area (Å²) in [6.45, 7) is 8.86. The molecule has 0 spiro atoms. The minimum Gasteiger partial charge on any atom is -0.372 e. The van der Waals surface area contributed by atoms with Gasteiger partial charge >= 0.3 is 0 Å². The van der Waals surface area contributed by atoms with Crippen LogP contribution in [0.5, 0.6) is 0 Å². The highest BCUT2D eigenvalue weighted by atomic mass is 19.1. The molecule has 1 aromatic rings. The average molecular weight is 295 g/mol. The number of nitrogens with one attached hydrogen (secondary N) is 1. The largest absolute Gasteiger partial charge is 0.372 e. The van der Waals surface area contributed by atoms with Gasteiger partial charge in [0.1, 0.15) is 5.82 Å². The van der Waals surface area contributed by atoms with Gasteiger partial charge in [-0.2, -0.15) is 0 Å². The quantitative estimate of drug-likeness (QED) is 0.669. The molecule has 0 aromatic heterocycles. The Bertz CT molecular complexity index is 407. The van der Waals surface area contributed by atoms with E-state index in [9.17, 15) is 4.39 Å². The standard InChI is InChI=1S/C17H30FN3/c1-5-8-19-14-15-11-16(18)13-17(12-15)21(6-2)10-7-9-20(3)4/h11-13,19H,5-10,14H2,1-4H3. The number of anilines is 1. The first kappa shape index (κ1) is 17.9. The molecule has 0 saturated heterocycles. The van der Waals surface area contributed by atoms with E-state index in [-0.39, 0.29) is 5.82 Å². The molecule has 3 nitrogen and oxygen atoms in total. The van der Waals surface area contributed by atoms with Crippen molar-refractivity contribution in [3.8, 4) is 0 Å². The van der Waals surface area contributed by atoms with Gasteiger partial charge < -0.3 is 15.1 Å². The Labute approximate surface area is 129 Å². The number of halogens is 1. The zero-order valence-corrected chi connectivity index (χ0v) is 14.0. The molecule has 0 aliphatic rings. The van der Waals surface area contributed by atoms with Crippen LogP contribution < -0.4 is 10.2 Å². The SMILES string of the molecule is CCCNCc1cc(F)cc(N(CC)CCCN(C)C)c1. The van der Waals surface area contributed by atoms with Gasteiger partial charge in [0.15, 0.2) is 0 Å². The normalized spacial score (nSPS) is 11.1. The minimum atomic E-state index is -0.146. The van der Waals surface area contributed by atoms with Gasteiger partial charge in [0, 0.05) is 25.3 Å². The molecule has 1 aromatic carbocycles. The first-order valence-electron chi connectivity index (χ1n) is 7.96. The van der Waals surface area contributed by atoms with Crippen LogP contribution in [0.3, 0.4) is 0 Å². The summed E-state index contributed by atoms with van der Waals surface area (Å²) in [6.07, 6.45) is 2.18. The lowest BCUT2D eigenvalue weighted by Crippen LogP contribution is -2.27. The van der Waals surface area contributed by atoms with Crippen LogP contribution in [0.15, 0.2) is 18.2 Å². The Morgan fingerprint density at radius 1 is 1.10 bits per heavy atom. The number of hydrogen-bond donors (Lipinski definition) is 1. The van der Waals surface area contributed by atoms with Crippen LogP contribution in [0.4, 0.5) is 10.1 Å². The van der Waals surface area contributed by atoms with Gasteiger partial charge in [-0.1, -0.05) is 6.92 Å². The summed E-state index contributed by atoms with van der Waals surface area (Å²) in [5.74, 6) is -0.146. The van der Waals surface area contributed by atoms with E-state index in [1.54, 1.807) is 12.1 Å². The van der Waals surface area contributed by atoms with Gasteiger partial charge in [0.05, 0.1) is 0 Å². The number of nitrogens with zero attached hydrogens (tertiary/aromatic N) is 2. The highest BCUT2D eigenvalue weighted by Crippen LogP contribution is 2.19. The zero-order chi connectivity index (χ0) is 15.7. The first-order chi connectivity index (χ1) is 10.1. The molecule has 21 heavy (non-hydrogen) atoms. The van der Waals surface area contributed by atoms with E-state index in [2.05, 4.69) is 49.1 Å². The molecular weight excluding hydrogens is 265 g/mol. The van der Waals surface area contributed by atoms with E-state index in [0.717, 1.165) is 56.8 Å². The smallest absolute Gasteiger partial charge is 0.125 e. The third kappa shape index (κ3) is 6.91. The maximum Gasteiger partial charge on any atom is 0.125 e. The first-order valence-corrected chi connectivity index (χ1v) is 7.96. The Morgan fingerprint density at radius 2 is 1.86 bits per heavy atom. The maximum atomic E-state index is 13.8. The van der Waals surface area contributed by atoms with Crippen molar-refractivity contribution in [1.82, 2.24) is 10.2 Å². The van der Waals surface area contributed by atoms with E-state index in [1.807, 2.05) is 0 Å². The Kier molecular flexibility index (Phi) is 8.31. The van der Waals surface area contributed by atoms with Crippen molar-refractivity contribution in [3.63, 3.8) is 0 Å². The molecule has 120 valence electrons. The van der Waals surface area contributed by atoms with Crippen molar-refractivity contribution in [2.45, 2.75) is 33.2 Å². The Hall–Kier alpha value is -1.13. The molecule has 0 aliphatic heterocycles. The molecule has 0 saturated carbocycles. The molecule has 0 amide bonds. The summed E-state index contributed by atoms with van der Waals surface area (Å²) >= 11 is 0. The highest BCUT2D eigenvalue weighted by molar-refractivity contribution is 5.49. The molecule has 4 heteroatoms. The zero-order valence-electron chi connectivity index (χ0n) is 14.0. The van der Waals surface area contributed by atoms with Crippen LogP contribution in [0.2, 0.25) is 0 Å². The number of benzene rings is 1. The lowest BCUT2D eigenvalue weighted by atomic mass is 10.1. The molecule has 0 fully saturated rings. The van der Waals surface area contributed by atoms with Crippen molar-refractivity contribution in [1.29, 1.82) is 0 Å². The van der Waals surface area contributed by atoms with Crippen molar-refractivity contribution in [2.75, 3.05) is 45.2 Å². The van der Waals surface area contributed by atoms with E-state index in [0.29, 0.717) is 0 Å².